The highest BCUT2D eigenvalue weighted by atomic mass is 16.2. The molecule has 5 heteroatoms. The van der Waals surface area contributed by atoms with Gasteiger partial charge < -0.3 is 0 Å². The molecule has 0 bridgehead atoms. The Morgan fingerprint density at radius 1 is 1.05 bits per heavy atom. The molecule has 2 N–H and O–H groups in total. The standard InChI is InChI=1S/C16H25N3O2/c1-2-3-4-5-6-7-8-9-15(20)19(17)16(21)14-10-12-18-13-11-14/h10-13H,2-9,17H2,1H3. The van der Waals surface area contributed by atoms with E-state index in [2.05, 4.69) is 11.9 Å². The van der Waals surface area contributed by atoms with Crippen molar-refractivity contribution >= 4 is 11.8 Å². The van der Waals surface area contributed by atoms with Crippen LogP contribution >= 0.6 is 0 Å². The highest BCUT2D eigenvalue weighted by molar-refractivity contribution is 6.03. The fourth-order valence-electron chi connectivity index (χ4n) is 2.10. The number of hydrazine groups is 1. The number of hydrogen-bond donors (Lipinski definition) is 1. The molecular formula is C16H25N3O2. The molecule has 1 aromatic rings. The molecule has 0 aromatic carbocycles. The van der Waals surface area contributed by atoms with Crippen LogP contribution in [0.5, 0.6) is 0 Å². The van der Waals surface area contributed by atoms with Crippen molar-refractivity contribution < 1.29 is 9.59 Å². The molecule has 0 saturated heterocycles. The lowest BCUT2D eigenvalue weighted by atomic mass is 10.1. The van der Waals surface area contributed by atoms with Crippen LogP contribution in [0.25, 0.3) is 0 Å². The summed E-state index contributed by atoms with van der Waals surface area (Å²) in [6.45, 7) is 2.19. The highest BCUT2D eigenvalue weighted by Gasteiger charge is 2.18. The molecule has 0 unspecified atom stereocenters. The summed E-state index contributed by atoms with van der Waals surface area (Å²) in [7, 11) is 0. The van der Waals surface area contributed by atoms with Gasteiger partial charge in [0.15, 0.2) is 0 Å². The predicted molar refractivity (Wildman–Crippen MR) is 82.2 cm³/mol. The van der Waals surface area contributed by atoms with Crippen molar-refractivity contribution in [1.82, 2.24) is 9.99 Å². The van der Waals surface area contributed by atoms with Crippen molar-refractivity contribution in [1.29, 1.82) is 0 Å². The first kappa shape index (κ1) is 17.3. The Morgan fingerprint density at radius 3 is 2.24 bits per heavy atom. The maximum absolute atomic E-state index is 11.9. The smallest absolute Gasteiger partial charge is 0.273 e. The third-order valence-corrected chi connectivity index (χ3v) is 3.41. The van der Waals surface area contributed by atoms with E-state index in [1.807, 2.05) is 0 Å². The zero-order valence-electron chi connectivity index (χ0n) is 12.8. The molecule has 2 amide bonds. The minimum absolute atomic E-state index is 0.321. The predicted octanol–water partition coefficient (Wildman–Crippen LogP) is 3.06. The number of hydrogen-bond acceptors (Lipinski definition) is 4. The van der Waals surface area contributed by atoms with Crippen LogP contribution in [0.1, 0.15) is 68.6 Å². The number of carbonyl (C=O) groups excluding carboxylic acids is 2. The fourth-order valence-corrected chi connectivity index (χ4v) is 2.10. The van der Waals surface area contributed by atoms with Crippen molar-refractivity contribution in [2.45, 2.75) is 58.3 Å². The summed E-state index contributed by atoms with van der Waals surface area (Å²) in [6.07, 6.45) is 11.2. The maximum Gasteiger partial charge on any atom is 0.274 e. The molecule has 0 spiro atoms. The van der Waals surface area contributed by atoms with Gasteiger partial charge in [0.2, 0.25) is 5.91 Å². The second-order valence-electron chi connectivity index (χ2n) is 5.18. The lowest BCUT2D eigenvalue weighted by Gasteiger charge is -2.14. The number of nitrogens with two attached hydrogens (primary N) is 1. The van der Waals surface area contributed by atoms with Crippen LogP contribution in [0.2, 0.25) is 0 Å². The largest absolute Gasteiger partial charge is 0.274 e. The fraction of sp³-hybridized carbons (Fsp3) is 0.562. The molecule has 0 aliphatic carbocycles. The summed E-state index contributed by atoms with van der Waals surface area (Å²) < 4.78 is 0. The SMILES string of the molecule is CCCCCCCCCC(=O)N(N)C(=O)c1ccncc1. The lowest BCUT2D eigenvalue weighted by Crippen LogP contribution is -2.42. The quantitative estimate of drug-likeness (QED) is 0.328. The molecule has 0 atom stereocenters. The summed E-state index contributed by atoms with van der Waals surface area (Å²) >= 11 is 0. The zero-order valence-corrected chi connectivity index (χ0v) is 12.8. The first-order chi connectivity index (χ1) is 10.2. The lowest BCUT2D eigenvalue weighted by molar-refractivity contribution is -0.129. The van der Waals surface area contributed by atoms with E-state index in [0.29, 0.717) is 17.0 Å². The second kappa shape index (κ2) is 10.0. The van der Waals surface area contributed by atoms with Gasteiger partial charge in [-0.15, -0.1) is 0 Å². The van der Waals surface area contributed by atoms with E-state index in [0.717, 1.165) is 19.3 Å². The molecule has 0 aliphatic rings. The molecule has 1 heterocycles. The summed E-state index contributed by atoms with van der Waals surface area (Å²) in [4.78, 5) is 27.6. The van der Waals surface area contributed by atoms with Gasteiger partial charge >= 0.3 is 0 Å². The van der Waals surface area contributed by atoms with E-state index >= 15 is 0 Å². The third kappa shape index (κ3) is 6.49. The van der Waals surface area contributed by atoms with Crippen molar-refractivity contribution in [3.05, 3.63) is 30.1 Å². The number of carbonyl (C=O) groups is 2. The topological polar surface area (TPSA) is 76.3 Å². The van der Waals surface area contributed by atoms with E-state index in [1.165, 1.54) is 38.1 Å². The Bertz CT molecular complexity index is 434. The van der Waals surface area contributed by atoms with Gasteiger partial charge in [0.1, 0.15) is 0 Å². The molecule has 116 valence electrons. The molecule has 21 heavy (non-hydrogen) atoms. The number of amides is 2. The molecule has 0 aliphatic heterocycles. The summed E-state index contributed by atoms with van der Waals surface area (Å²) in [5.41, 5.74) is 0.375. The highest BCUT2D eigenvalue weighted by Crippen LogP contribution is 2.09. The Labute approximate surface area is 126 Å². The van der Waals surface area contributed by atoms with Gasteiger partial charge in [-0.2, -0.15) is 0 Å². The normalized spacial score (nSPS) is 10.4. The molecular weight excluding hydrogens is 266 g/mol. The minimum Gasteiger partial charge on any atom is -0.273 e. The Balaban J connectivity index is 2.24. The van der Waals surface area contributed by atoms with Gasteiger partial charge in [0.25, 0.3) is 5.91 Å². The molecule has 0 saturated carbocycles. The maximum atomic E-state index is 11.9. The Kier molecular flexibility index (Phi) is 8.28. The van der Waals surface area contributed by atoms with Crippen LogP contribution in [0.15, 0.2) is 24.5 Å². The van der Waals surface area contributed by atoms with Crippen molar-refractivity contribution in [3.63, 3.8) is 0 Å². The minimum atomic E-state index is -0.481. The summed E-state index contributed by atoms with van der Waals surface area (Å²) in [5.74, 6) is 4.78. The van der Waals surface area contributed by atoms with Crippen LogP contribution in [0.3, 0.4) is 0 Å². The second-order valence-corrected chi connectivity index (χ2v) is 5.18. The van der Waals surface area contributed by atoms with Crippen LogP contribution in [-0.4, -0.2) is 21.8 Å². The van der Waals surface area contributed by atoms with E-state index < -0.39 is 5.91 Å². The first-order valence-corrected chi connectivity index (χ1v) is 7.68. The number of unbranched alkanes of at least 4 members (excludes halogenated alkanes) is 6. The van der Waals surface area contributed by atoms with Gasteiger partial charge in [0.05, 0.1) is 0 Å². The van der Waals surface area contributed by atoms with Gasteiger partial charge in [-0.25, -0.2) is 10.9 Å². The summed E-state index contributed by atoms with van der Waals surface area (Å²) in [5, 5.41) is 0.715. The molecule has 0 radical (unpaired) electrons. The number of aromatic nitrogens is 1. The van der Waals surface area contributed by atoms with Crippen LogP contribution < -0.4 is 5.84 Å². The van der Waals surface area contributed by atoms with E-state index in [1.54, 1.807) is 12.1 Å². The van der Waals surface area contributed by atoms with Crippen molar-refractivity contribution in [2.75, 3.05) is 0 Å². The zero-order chi connectivity index (χ0) is 15.5. The molecule has 0 fully saturated rings. The van der Waals surface area contributed by atoms with Crippen molar-refractivity contribution in [2.24, 2.45) is 5.84 Å². The number of imide groups is 1. The van der Waals surface area contributed by atoms with Crippen LogP contribution in [-0.2, 0) is 4.79 Å². The molecule has 1 aromatic heterocycles. The Hall–Kier alpha value is -1.75. The monoisotopic (exact) mass is 291 g/mol. The van der Waals surface area contributed by atoms with Gasteiger partial charge in [-0.05, 0) is 18.6 Å². The third-order valence-electron chi connectivity index (χ3n) is 3.41. The Morgan fingerprint density at radius 2 is 1.62 bits per heavy atom. The van der Waals surface area contributed by atoms with Gasteiger partial charge in [0, 0.05) is 24.4 Å². The molecule has 5 nitrogen and oxygen atoms in total. The average molecular weight is 291 g/mol. The number of pyridine rings is 1. The van der Waals surface area contributed by atoms with E-state index in [-0.39, 0.29) is 5.91 Å². The summed E-state index contributed by atoms with van der Waals surface area (Å²) in [6, 6.07) is 3.09. The first-order valence-electron chi connectivity index (χ1n) is 7.68. The van der Waals surface area contributed by atoms with Gasteiger partial charge in [-0.1, -0.05) is 45.4 Å². The van der Waals surface area contributed by atoms with Crippen molar-refractivity contribution in [3.8, 4) is 0 Å². The molecule has 1 rings (SSSR count). The van der Waals surface area contributed by atoms with Crippen LogP contribution in [0, 0.1) is 0 Å². The average Bonchev–Trinajstić information content (AvgIpc) is 2.53. The van der Waals surface area contributed by atoms with E-state index in [9.17, 15) is 9.59 Å². The van der Waals surface area contributed by atoms with Crippen LogP contribution in [0.4, 0.5) is 0 Å². The number of nitrogens with zero attached hydrogens (tertiary/aromatic N) is 2. The van der Waals surface area contributed by atoms with Gasteiger partial charge in [-0.3, -0.25) is 14.6 Å². The number of rotatable bonds is 9. The van der Waals surface area contributed by atoms with E-state index in [4.69, 9.17) is 5.84 Å².